The predicted molar refractivity (Wildman–Crippen MR) is 377 cm³/mol. The third kappa shape index (κ3) is 71.1. The summed E-state index contributed by atoms with van der Waals surface area (Å²) in [5.41, 5.74) is 3.03. The molecule has 3 amide bonds. The first-order valence-corrected chi connectivity index (χ1v) is 41.0. The number of phosphoric ester groups is 1. The van der Waals surface area contributed by atoms with E-state index in [1.807, 2.05) is 5.32 Å². The van der Waals surface area contributed by atoms with Gasteiger partial charge in [0.25, 0.3) is 11.5 Å². The van der Waals surface area contributed by atoms with Crippen molar-refractivity contribution in [2.45, 2.75) is 264 Å². The third-order valence-electron chi connectivity index (χ3n) is 15.9. The SMILES string of the molecule is CCCCCCCCCCCCCCCCCC(=O)OC[C@H](COP(=O)(O)OCCNC(=O)OOOOOOOOOOOOOOOOOOOOOOOOOOOOOOOOOOOOOOOOOOOOONC(=O)CC[C@H](NC(=O)c1ccc(CCc2cnc3nc(C)[nH]c(=O)c3n2)cc1)C(=O)O)OC(=O)CCCCCCCCCCCCCCCCC. The molecule has 66 nitrogen and oxygen atoms in total. The van der Waals surface area contributed by atoms with Gasteiger partial charge in [0.1, 0.15) is 18.5 Å². The largest absolute Gasteiger partial charge is 0.480 e. The zero-order chi connectivity index (χ0) is 93.6. The van der Waals surface area contributed by atoms with E-state index in [0.717, 1.165) is 56.9 Å². The van der Waals surface area contributed by atoms with Gasteiger partial charge in [0.05, 0.1) is 25.1 Å². The molecule has 2 aromatic heterocycles. The molecule has 0 saturated carbocycles. The Balaban J connectivity index is 1.01. The maximum Gasteiger partial charge on any atom is 0.472 e. The lowest BCUT2D eigenvalue weighted by atomic mass is 10.0. The second-order valence-electron chi connectivity index (χ2n) is 25.4. The van der Waals surface area contributed by atoms with Crippen molar-refractivity contribution in [2.75, 3.05) is 26.4 Å². The fourth-order valence-electron chi connectivity index (χ4n) is 10.2. The number of H-pyrrole nitrogens is 1. The molecule has 0 spiro atoms. The number of amides is 3. The Morgan fingerprint density at radius 1 is 0.438 bits per heavy atom. The van der Waals surface area contributed by atoms with E-state index in [2.05, 4.69) is 266 Å². The highest BCUT2D eigenvalue weighted by atomic mass is 31.2. The molecule has 0 aliphatic carbocycles. The summed E-state index contributed by atoms with van der Waals surface area (Å²) in [5, 5.41) is 170. The predicted octanol–water partition coefficient (Wildman–Crippen LogP) is 9.63. The minimum absolute atomic E-state index is 0.0832. The third-order valence-corrected chi connectivity index (χ3v) is 16.9. The van der Waals surface area contributed by atoms with Crippen LogP contribution in [0.2, 0.25) is 0 Å². The standard InChI is InChI=1S/C63H102N7O59P/c1-4-6-8-10-12-14-16-18-20-22-24-26-28-30-32-34-56(72)81-47-53(84-57(73)35-33-31-29-27-25-23-21-19-17-15-13-11-9-7-5-2)48-83-130(79,80)82-45-44-64-63(78)85-87-89-91-93-95-97-99-101-103-105-107-109-111-113-115-117-119-121-123-125-127-129-128-126-124-122-120-118-116-114-112-110-108-106-104-102-100-98-96-94-92-90-88-86-70-55(71)43-42-54(62(76)77)69-60(74)51-39-36-50(37-40-51)38-41-52-46-65-59-58(68-52)61(75)67-49(3)66-59/h36-37,39-40,46,53-54H,4-35,38,41-45,47-48H2,1-3H3,(H,64,78)(H,69,74)(H,70,71)(H,76,77)(H,79,80)(H,65,66,67,75)/t53-,54+/m1/s1. The van der Waals surface area contributed by atoms with Gasteiger partial charge < -0.3 is 35.1 Å². The van der Waals surface area contributed by atoms with Gasteiger partial charge in [0, 0.05) is 208 Å². The minimum Gasteiger partial charge on any atom is -0.480 e. The molecule has 67 heteroatoms. The molecule has 0 aliphatic heterocycles. The first-order chi connectivity index (χ1) is 63.6. The highest BCUT2D eigenvalue weighted by molar-refractivity contribution is 7.47. The molecule has 130 heavy (non-hydrogen) atoms. The van der Waals surface area contributed by atoms with Crippen molar-refractivity contribution >= 4 is 54.8 Å². The molecule has 2 heterocycles. The molecular weight excluding hydrogens is 1830 g/mol. The van der Waals surface area contributed by atoms with E-state index < -0.39 is 101 Å². The summed E-state index contributed by atoms with van der Waals surface area (Å²) >= 11 is 0. The lowest BCUT2D eigenvalue weighted by Crippen LogP contribution is -2.41. The molecule has 0 aliphatic rings. The average molecular weight is 1930 g/mol. The Morgan fingerprint density at radius 2 is 0.808 bits per heavy atom. The number of unbranched alkanes of at least 4 members (excludes halogenated alkanes) is 28. The number of nitrogens with one attached hydrogen (secondary N) is 4. The van der Waals surface area contributed by atoms with Crippen molar-refractivity contribution in [1.29, 1.82) is 0 Å². The summed E-state index contributed by atoms with van der Waals surface area (Å²) in [6.45, 7) is 3.87. The van der Waals surface area contributed by atoms with Crippen LogP contribution in [0.5, 0.6) is 0 Å². The van der Waals surface area contributed by atoms with Crippen molar-refractivity contribution < 1.29 is 288 Å². The van der Waals surface area contributed by atoms with Crippen LogP contribution in [0.1, 0.15) is 260 Å². The number of ether oxygens (including phenoxy) is 2. The van der Waals surface area contributed by atoms with Gasteiger partial charge in [-0.25, -0.2) is 34.0 Å². The molecule has 748 valence electrons. The highest BCUT2D eigenvalue weighted by Crippen LogP contribution is 2.43. The lowest BCUT2D eigenvalue weighted by Gasteiger charge is -2.20. The number of carbonyl (C=O) groups excluding carboxylic acids is 5. The van der Waals surface area contributed by atoms with Crippen LogP contribution in [0.4, 0.5) is 4.79 Å². The minimum atomic E-state index is -4.83. The second kappa shape index (κ2) is 84.4. The van der Waals surface area contributed by atoms with Crippen molar-refractivity contribution in [3.8, 4) is 0 Å². The number of rotatable bonds is 96. The number of fused-ring (bicyclic) bond motifs is 1. The van der Waals surface area contributed by atoms with Crippen LogP contribution >= 0.6 is 7.82 Å². The number of aromatic nitrogens is 4. The molecule has 6 N–H and O–H groups in total. The van der Waals surface area contributed by atoms with Gasteiger partial charge in [0.2, 0.25) is 5.91 Å². The first kappa shape index (κ1) is 117. The number of carboxylic acid groups (broad SMARTS) is 1. The number of aryl methyl sites for hydroxylation is 3. The topological polar surface area (TPSA) is 720 Å². The molecule has 0 fully saturated rings. The summed E-state index contributed by atoms with van der Waals surface area (Å²) in [6.07, 6.45) is 34.0. The molecule has 0 saturated heterocycles. The van der Waals surface area contributed by atoms with Crippen LogP contribution in [-0.2, 0) is 282 Å². The average Bonchev–Trinajstić information content (AvgIpc) is 0.810. The Morgan fingerprint density at radius 3 is 1.20 bits per heavy atom. The maximum atomic E-state index is 12.9. The van der Waals surface area contributed by atoms with Crippen LogP contribution in [-0.4, -0.2) is 104 Å². The Hall–Kier alpha value is -7.59. The number of hydrogen-bond donors (Lipinski definition) is 6. The van der Waals surface area contributed by atoms with Crippen LogP contribution in [0, 0.1) is 6.92 Å². The number of nitrogens with zero attached hydrogens (tertiary/aromatic N) is 3. The molecule has 3 atom stereocenters. The van der Waals surface area contributed by atoms with Crippen molar-refractivity contribution in [3.63, 3.8) is 0 Å². The number of phosphoric acid groups is 1. The smallest absolute Gasteiger partial charge is 0.472 e. The summed E-state index contributed by atoms with van der Waals surface area (Å²) in [7, 11) is -4.83. The number of esters is 2. The van der Waals surface area contributed by atoms with E-state index in [0.29, 0.717) is 37.2 Å². The number of aromatic amines is 1. The normalized spacial score (nSPS) is 12.5. The van der Waals surface area contributed by atoms with Crippen LogP contribution in [0.25, 0.3) is 11.2 Å². The Bertz CT molecular complexity index is 3380. The van der Waals surface area contributed by atoms with E-state index in [9.17, 15) is 48.1 Å². The second-order valence-corrected chi connectivity index (χ2v) is 26.9. The number of hydrogen-bond acceptors (Lipinski definition) is 60. The van der Waals surface area contributed by atoms with E-state index in [1.54, 1.807) is 24.5 Å². The summed E-state index contributed by atoms with van der Waals surface area (Å²) < 4.78 is 33.5. The molecule has 3 rings (SSSR count). The van der Waals surface area contributed by atoms with E-state index in [-0.39, 0.29) is 29.6 Å². The van der Waals surface area contributed by atoms with Gasteiger partial charge in [-0.2, -0.15) is 5.48 Å². The molecule has 3 aromatic rings. The number of hydroxylamine groups is 1. The number of carboxylic acids is 1. The van der Waals surface area contributed by atoms with Crippen molar-refractivity contribution in [1.82, 2.24) is 36.0 Å². The molecule has 1 unspecified atom stereocenters. The highest BCUT2D eigenvalue weighted by Gasteiger charge is 2.28. The first-order valence-electron chi connectivity index (χ1n) is 39.5. The Kier molecular flexibility index (Phi) is 75.7. The van der Waals surface area contributed by atoms with Crippen molar-refractivity contribution in [3.05, 3.63) is 63.5 Å². The lowest BCUT2D eigenvalue weighted by molar-refractivity contribution is -0.909. The molecule has 0 radical (unpaired) electrons. The van der Waals surface area contributed by atoms with Gasteiger partial charge in [-0.15, -0.1) is 0 Å². The molecule has 1 aromatic carbocycles. The van der Waals surface area contributed by atoms with Gasteiger partial charge in [-0.3, -0.25) is 33.0 Å². The summed E-state index contributed by atoms with van der Waals surface area (Å²) in [6, 6.07) is 4.72. The monoisotopic (exact) mass is 1930 g/mol. The van der Waals surface area contributed by atoms with Gasteiger partial charge in [0.15, 0.2) is 17.3 Å². The molecular formula is C63H102N7O59P. The summed E-state index contributed by atoms with van der Waals surface area (Å²) in [4.78, 5) is 120. The van der Waals surface area contributed by atoms with E-state index in [1.165, 1.54) is 147 Å². The maximum absolute atomic E-state index is 12.9. The quantitative estimate of drug-likeness (QED) is 0.0101. The van der Waals surface area contributed by atoms with Crippen molar-refractivity contribution in [2.24, 2.45) is 0 Å². The van der Waals surface area contributed by atoms with E-state index >= 15 is 0 Å². The zero-order valence-corrected chi connectivity index (χ0v) is 70.7. The number of aliphatic carboxylic acids is 1. The zero-order valence-electron chi connectivity index (χ0n) is 69.8. The van der Waals surface area contributed by atoms with E-state index in [4.69, 9.17) is 18.5 Å². The Labute approximate surface area is 731 Å². The molecule has 0 bridgehead atoms. The van der Waals surface area contributed by atoms with Gasteiger partial charge >= 0.3 is 31.8 Å². The van der Waals surface area contributed by atoms with Crippen LogP contribution in [0.3, 0.4) is 0 Å². The van der Waals surface area contributed by atoms with Crippen LogP contribution in [0.15, 0.2) is 35.3 Å². The fraction of sp³-hybridized carbons (Fsp3) is 0.714. The van der Waals surface area contributed by atoms with Crippen LogP contribution < -0.4 is 21.7 Å². The van der Waals surface area contributed by atoms with Gasteiger partial charge in [-0.05, 0) is 97.0 Å². The summed E-state index contributed by atoms with van der Waals surface area (Å²) in [5.74, 6) is -3.86. The fourth-order valence-corrected chi connectivity index (χ4v) is 10.9. The number of benzene rings is 1. The van der Waals surface area contributed by atoms with Gasteiger partial charge in [-0.1, -0.05) is 211 Å². The number of carbonyl (C=O) groups is 6.